The molecular formula is C12H17ClN2O2. The van der Waals surface area contributed by atoms with E-state index in [9.17, 15) is 4.79 Å². The number of hydrogen-bond donors (Lipinski definition) is 2. The van der Waals surface area contributed by atoms with Crippen molar-refractivity contribution in [3.63, 3.8) is 0 Å². The zero-order valence-electron chi connectivity index (χ0n) is 10.00. The molecule has 0 aliphatic rings. The quantitative estimate of drug-likeness (QED) is 0.482. The van der Waals surface area contributed by atoms with Crippen molar-refractivity contribution in [2.45, 2.75) is 32.8 Å². The normalized spacial score (nSPS) is 12.0. The summed E-state index contributed by atoms with van der Waals surface area (Å²) >= 11 is 5.91. The molecule has 1 aromatic rings. The number of benzene rings is 1. The van der Waals surface area contributed by atoms with Crippen LogP contribution in [0.25, 0.3) is 0 Å². The zero-order chi connectivity index (χ0) is 12.8. The highest BCUT2D eigenvalue weighted by atomic mass is 35.5. The molecule has 0 saturated heterocycles. The minimum absolute atomic E-state index is 0.320. The van der Waals surface area contributed by atoms with Crippen LogP contribution in [0.1, 0.15) is 25.3 Å². The van der Waals surface area contributed by atoms with Gasteiger partial charge < -0.3 is 4.74 Å². The Morgan fingerprint density at radius 3 is 2.82 bits per heavy atom. The molecule has 1 atom stereocenters. The van der Waals surface area contributed by atoms with Crippen LogP contribution in [-0.2, 0) is 4.79 Å². The maximum absolute atomic E-state index is 11.5. The van der Waals surface area contributed by atoms with Gasteiger partial charge in [-0.3, -0.25) is 10.2 Å². The summed E-state index contributed by atoms with van der Waals surface area (Å²) in [5.74, 6) is 5.41. The van der Waals surface area contributed by atoms with Gasteiger partial charge in [0.05, 0.1) is 0 Å². The van der Waals surface area contributed by atoms with Crippen molar-refractivity contribution >= 4 is 17.5 Å². The number of carbonyl (C=O) groups is 1. The van der Waals surface area contributed by atoms with E-state index in [0.29, 0.717) is 17.2 Å². The van der Waals surface area contributed by atoms with E-state index in [1.54, 1.807) is 18.2 Å². The van der Waals surface area contributed by atoms with Gasteiger partial charge in [0.15, 0.2) is 6.10 Å². The van der Waals surface area contributed by atoms with Gasteiger partial charge in [0.2, 0.25) is 0 Å². The van der Waals surface area contributed by atoms with Crippen molar-refractivity contribution in [2.24, 2.45) is 5.84 Å². The molecule has 1 aromatic carbocycles. The van der Waals surface area contributed by atoms with Gasteiger partial charge in [0.1, 0.15) is 5.75 Å². The van der Waals surface area contributed by atoms with E-state index in [1.165, 1.54) is 0 Å². The SMILES string of the molecule is CCCC(Oc1ccc(Cl)c(C)c1)C(=O)NN. The Labute approximate surface area is 106 Å². The number of amides is 1. The molecule has 3 N–H and O–H groups in total. The van der Waals surface area contributed by atoms with E-state index in [-0.39, 0.29) is 5.91 Å². The molecule has 17 heavy (non-hydrogen) atoms. The maximum atomic E-state index is 11.5. The number of ether oxygens (including phenoxy) is 1. The fourth-order valence-corrected chi connectivity index (χ4v) is 1.57. The van der Waals surface area contributed by atoms with Crippen LogP contribution < -0.4 is 16.0 Å². The van der Waals surface area contributed by atoms with Gasteiger partial charge in [0.25, 0.3) is 5.91 Å². The highest BCUT2D eigenvalue weighted by Gasteiger charge is 2.18. The maximum Gasteiger partial charge on any atom is 0.274 e. The van der Waals surface area contributed by atoms with Gasteiger partial charge in [-0.2, -0.15) is 0 Å². The van der Waals surface area contributed by atoms with Crippen LogP contribution in [0.3, 0.4) is 0 Å². The fraction of sp³-hybridized carbons (Fsp3) is 0.417. The van der Waals surface area contributed by atoms with Gasteiger partial charge in [-0.1, -0.05) is 24.9 Å². The van der Waals surface area contributed by atoms with E-state index < -0.39 is 6.10 Å². The van der Waals surface area contributed by atoms with Crippen LogP contribution in [0.15, 0.2) is 18.2 Å². The lowest BCUT2D eigenvalue weighted by Crippen LogP contribution is -2.42. The summed E-state index contributed by atoms with van der Waals surface area (Å²) in [6.45, 7) is 3.86. The Bertz CT molecular complexity index is 396. The van der Waals surface area contributed by atoms with E-state index in [1.807, 2.05) is 13.8 Å². The van der Waals surface area contributed by atoms with Crippen molar-refractivity contribution in [3.8, 4) is 5.75 Å². The molecule has 0 aliphatic heterocycles. The monoisotopic (exact) mass is 256 g/mol. The van der Waals surface area contributed by atoms with Crippen molar-refractivity contribution in [3.05, 3.63) is 28.8 Å². The molecule has 0 aliphatic carbocycles. The first-order valence-electron chi connectivity index (χ1n) is 5.51. The summed E-state index contributed by atoms with van der Waals surface area (Å²) in [6, 6.07) is 5.28. The second kappa shape index (κ2) is 6.47. The molecule has 4 nitrogen and oxygen atoms in total. The highest BCUT2D eigenvalue weighted by molar-refractivity contribution is 6.31. The molecule has 0 heterocycles. The van der Waals surface area contributed by atoms with E-state index >= 15 is 0 Å². The first-order valence-corrected chi connectivity index (χ1v) is 5.89. The summed E-state index contributed by atoms with van der Waals surface area (Å²) in [5, 5.41) is 0.674. The van der Waals surface area contributed by atoms with Crippen LogP contribution in [0.2, 0.25) is 5.02 Å². The second-order valence-corrected chi connectivity index (χ2v) is 4.22. The number of halogens is 1. The third kappa shape index (κ3) is 3.91. The zero-order valence-corrected chi connectivity index (χ0v) is 10.8. The summed E-state index contributed by atoms with van der Waals surface area (Å²) in [5.41, 5.74) is 3.02. The first kappa shape index (κ1) is 13.8. The molecule has 1 unspecified atom stereocenters. The third-order valence-electron chi connectivity index (χ3n) is 2.39. The molecular weight excluding hydrogens is 240 g/mol. The average molecular weight is 257 g/mol. The molecule has 5 heteroatoms. The summed E-state index contributed by atoms with van der Waals surface area (Å²) in [4.78, 5) is 11.5. The van der Waals surface area contributed by atoms with Crippen LogP contribution in [-0.4, -0.2) is 12.0 Å². The Morgan fingerprint density at radius 1 is 1.59 bits per heavy atom. The number of hydrazine groups is 1. The second-order valence-electron chi connectivity index (χ2n) is 3.81. The lowest BCUT2D eigenvalue weighted by Gasteiger charge is -2.17. The number of aryl methyl sites for hydroxylation is 1. The Kier molecular flexibility index (Phi) is 5.25. The molecule has 0 radical (unpaired) electrons. The molecule has 94 valence electrons. The summed E-state index contributed by atoms with van der Waals surface area (Å²) in [7, 11) is 0. The van der Waals surface area contributed by atoms with Gasteiger partial charge in [-0.05, 0) is 37.1 Å². The Balaban J connectivity index is 2.78. The number of rotatable bonds is 5. The topological polar surface area (TPSA) is 64.3 Å². The van der Waals surface area contributed by atoms with Crippen molar-refractivity contribution < 1.29 is 9.53 Å². The number of nitrogens with one attached hydrogen (secondary N) is 1. The van der Waals surface area contributed by atoms with E-state index in [0.717, 1.165) is 12.0 Å². The number of carbonyl (C=O) groups excluding carboxylic acids is 1. The lowest BCUT2D eigenvalue weighted by molar-refractivity contribution is -0.128. The van der Waals surface area contributed by atoms with Crippen molar-refractivity contribution in [2.75, 3.05) is 0 Å². The van der Waals surface area contributed by atoms with Crippen molar-refractivity contribution in [1.82, 2.24) is 5.43 Å². The summed E-state index contributed by atoms with van der Waals surface area (Å²) < 4.78 is 5.59. The molecule has 0 fully saturated rings. The Morgan fingerprint density at radius 2 is 2.29 bits per heavy atom. The molecule has 0 bridgehead atoms. The molecule has 1 rings (SSSR count). The minimum atomic E-state index is -0.564. The van der Waals surface area contributed by atoms with E-state index in [2.05, 4.69) is 5.43 Å². The standard InChI is InChI=1S/C12H17ClN2O2/c1-3-4-11(12(16)15-14)17-9-5-6-10(13)8(2)7-9/h5-7,11H,3-4,14H2,1-2H3,(H,15,16). The predicted molar refractivity (Wildman–Crippen MR) is 67.8 cm³/mol. The van der Waals surface area contributed by atoms with Crippen molar-refractivity contribution in [1.29, 1.82) is 0 Å². The van der Waals surface area contributed by atoms with E-state index in [4.69, 9.17) is 22.2 Å². The third-order valence-corrected chi connectivity index (χ3v) is 2.82. The smallest absolute Gasteiger partial charge is 0.274 e. The molecule has 0 spiro atoms. The minimum Gasteiger partial charge on any atom is -0.481 e. The van der Waals surface area contributed by atoms with Gasteiger partial charge in [0, 0.05) is 5.02 Å². The lowest BCUT2D eigenvalue weighted by atomic mass is 10.2. The van der Waals surface area contributed by atoms with Crippen LogP contribution in [0, 0.1) is 6.92 Å². The fourth-order valence-electron chi connectivity index (χ4n) is 1.45. The number of hydrogen-bond acceptors (Lipinski definition) is 3. The molecule has 1 amide bonds. The number of nitrogens with two attached hydrogens (primary N) is 1. The first-order chi connectivity index (χ1) is 8.08. The summed E-state index contributed by atoms with van der Waals surface area (Å²) in [6.07, 6.45) is 0.889. The van der Waals surface area contributed by atoms with Crippen LogP contribution >= 0.6 is 11.6 Å². The van der Waals surface area contributed by atoms with Gasteiger partial charge in [-0.15, -0.1) is 0 Å². The molecule has 0 saturated carbocycles. The van der Waals surface area contributed by atoms with Gasteiger partial charge >= 0.3 is 0 Å². The average Bonchev–Trinajstić information content (AvgIpc) is 2.32. The molecule has 0 aromatic heterocycles. The largest absolute Gasteiger partial charge is 0.481 e. The Hall–Kier alpha value is -1.26. The highest BCUT2D eigenvalue weighted by Crippen LogP contribution is 2.22. The van der Waals surface area contributed by atoms with Crippen LogP contribution in [0.4, 0.5) is 0 Å². The van der Waals surface area contributed by atoms with Gasteiger partial charge in [-0.25, -0.2) is 5.84 Å². The predicted octanol–water partition coefficient (Wildman–Crippen LogP) is 2.19. The van der Waals surface area contributed by atoms with Crippen LogP contribution in [0.5, 0.6) is 5.75 Å².